The summed E-state index contributed by atoms with van der Waals surface area (Å²) in [7, 11) is -7.65. The summed E-state index contributed by atoms with van der Waals surface area (Å²) in [5, 5.41) is 8.40. The molecule has 1 aromatic rings. The Kier molecular flexibility index (Phi) is 4.62. The topological polar surface area (TPSA) is 95.3 Å². The van der Waals surface area contributed by atoms with Gasteiger partial charge in [0.2, 0.25) is 10.0 Å². The molecule has 0 saturated heterocycles. The van der Waals surface area contributed by atoms with E-state index < -0.39 is 25.1 Å². The molecule has 0 unspecified atom stereocenters. The minimum Gasteiger partial charge on any atom is -0.207 e. The third-order valence-corrected chi connectivity index (χ3v) is 5.00. The molecule has 0 heterocycles. The first-order chi connectivity index (χ1) is 8.69. The third kappa shape index (κ3) is 3.73. The van der Waals surface area contributed by atoms with Gasteiger partial charge in [-0.25, -0.2) is 8.42 Å². The van der Waals surface area contributed by atoms with Gasteiger partial charge in [-0.3, -0.25) is 0 Å². The van der Waals surface area contributed by atoms with Gasteiger partial charge in [0.15, 0.2) is 0 Å². The zero-order chi connectivity index (χ0) is 14.7. The van der Waals surface area contributed by atoms with E-state index in [4.69, 9.17) is 5.26 Å². The van der Waals surface area contributed by atoms with Gasteiger partial charge >= 0.3 is 10.2 Å². The lowest BCUT2D eigenvalue weighted by molar-refractivity contribution is 0.476. The van der Waals surface area contributed by atoms with Crippen molar-refractivity contribution in [3.8, 4) is 6.07 Å². The lowest BCUT2D eigenvalue weighted by atomic mass is 10.4. The summed E-state index contributed by atoms with van der Waals surface area (Å²) in [5.74, 6) is 0. The van der Waals surface area contributed by atoms with Crippen LogP contribution in [-0.2, 0) is 20.2 Å². The van der Waals surface area contributed by atoms with E-state index in [1.54, 1.807) is 6.07 Å². The average molecular weight is 306 g/mol. The van der Waals surface area contributed by atoms with Crippen LogP contribution in [0.15, 0.2) is 34.1 Å². The van der Waals surface area contributed by atoms with Crippen molar-refractivity contribution in [1.29, 1.82) is 5.26 Å². The lowest BCUT2D eigenvalue weighted by Crippen LogP contribution is -2.27. The number of hydrogen-bond donors (Lipinski definition) is 0. The predicted octanol–water partition coefficient (Wildman–Crippen LogP) is 0.879. The number of nitriles is 1. The van der Waals surface area contributed by atoms with Gasteiger partial charge in [0.25, 0.3) is 0 Å². The highest BCUT2D eigenvalue weighted by Crippen LogP contribution is 2.20. The van der Waals surface area contributed by atoms with Crippen molar-refractivity contribution in [3.05, 3.63) is 24.3 Å². The van der Waals surface area contributed by atoms with Gasteiger partial charge in [0, 0.05) is 20.0 Å². The number of nitrogens with zero attached hydrogens (tertiary/aromatic N) is 2. The molecule has 0 N–H and O–H groups in total. The normalized spacial score (nSPS) is 12.3. The summed E-state index contributed by atoms with van der Waals surface area (Å²) < 4.78 is 59.2. The summed E-state index contributed by atoms with van der Waals surface area (Å²) in [4.78, 5) is -1.06. The van der Waals surface area contributed by atoms with E-state index in [1.807, 2.05) is 0 Å². The number of sulfonamides is 1. The Labute approximate surface area is 111 Å². The Bertz CT molecular complexity index is 707. The highest BCUT2D eigenvalue weighted by molar-refractivity contribution is 7.89. The van der Waals surface area contributed by atoms with Crippen LogP contribution in [0, 0.1) is 11.3 Å². The van der Waals surface area contributed by atoms with Crippen LogP contribution in [0.3, 0.4) is 0 Å². The standard InChI is InChI=1S/C10H11FN2O4S2/c1-13(7-3-6-12)19(16,17)10-5-2-4-9(8-10)18(11,14)15/h2,4-5,8H,3,7H2,1H3. The van der Waals surface area contributed by atoms with E-state index in [1.165, 1.54) is 7.05 Å². The fourth-order valence-electron chi connectivity index (χ4n) is 1.29. The molecule has 0 saturated carbocycles. The molecule has 0 radical (unpaired) electrons. The van der Waals surface area contributed by atoms with Gasteiger partial charge in [-0.1, -0.05) is 6.07 Å². The van der Waals surface area contributed by atoms with E-state index in [2.05, 4.69) is 0 Å². The number of halogens is 1. The Morgan fingerprint density at radius 1 is 1.26 bits per heavy atom. The van der Waals surface area contributed by atoms with Gasteiger partial charge < -0.3 is 0 Å². The van der Waals surface area contributed by atoms with Crippen LogP contribution in [0.5, 0.6) is 0 Å². The Hall–Kier alpha value is -1.50. The van der Waals surface area contributed by atoms with Crippen molar-refractivity contribution in [1.82, 2.24) is 4.31 Å². The number of benzene rings is 1. The Balaban J connectivity index is 3.20. The molecule has 0 aromatic heterocycles. The molecule has 0 aliphatic carbocycles. The maximum Gasteiger partial charge on any atom is 0.332 e. The summed E-state index contributed by atoms with van der Waals surface area (Å²) in [6.45, 7) is -0.0363. The molecule has 19 heavy (non-hydrogen) atoms. The SMILES string of the molecule is CN(CCC#N)S(=O)(=O)c1cccc(S(=O)(=O)F)c1. The maximum absolute atomic E-state index is 12.8. The smallest absolute Gasteiger partial charge is 0.207 e. The largest absolute Gasteiger partial charge is 0.332 e. The van der Waals surface area contributed by atoms with Crippen molar-refractivity contribution >= 4 is 20.2 Å². The van der Waals surface area contributed by atoms with Crippen LogP contribution in [-0.4, -0.2) is 34.7 Å². The molecule has 0 bridgehead atoms. The molecule has 1 aromatic carbocycles. The van der Waals surface area contributed by atoms with E-state index in [9.17, 15) is 20.7 Å². The minimum atomic E-state index is -4.96. The molecule has 9 heteroatoms. The first kappa shape index (κ1) is 15.6. The van der Waals surface area contributed by atoms with Crippen LogP contribution >= 0.6 is 0 Å². The fraction of sp³-hybridized carbons (Fsp3) is 0.300. The first-order valence-corrected chi connectivity index (χ1v) is 7.90. The predicted molar refractivity (Wildman–Crippen MR) is 64.8 cm³/mol. The van der Waals surface area contributed by atoms with E-state index in [-0.39, 0.29) is 17.9 Å². The van der Waals surface area contributed by atoms with Gasteiger partial charge in [0.05, 0.1) is 15.9 Å². The molecular weight excluding hydrogens is 295 g/mol. The summed E-state index contributed by atoms with van der Waals surface area (Å²) in [5.41, 5.74) is 0. The zero-order valence-electron chi connectivity index (χ0n) is 9.95. The quantitative estimate of drug-likeness (QED) is 0.752. The molecule has 104 valence electrons. The molecule has 0 fully saturated rings. The Morgan fingerprint density at radius 2 is 1.84 bits per heavy atom. The second-order valence-corrected chi connectivity index (χ2v) is 7.04. The molecule has 0 amide bonds. The summed E-state index contributed by atoms with van der Waals surface area (Å²) in [6, 6.07) is 5.80. The van der Waals surface area contributed by atoms with Crippen LogP contribution in [0.1, 0.15) is 6.42 Å². The van der Waals surface area contributed by atoms with Crippen molar-refractivity contribution in [2.75, 3.05) is 13.6 Å². The van der Waals surface area contributed by atoms with Crippen LogP contribution in [0.4, 0.5) is 3.89 Å². The molecular formula is C10H11FN2O4S2. The van der Waals surface area contributed by atoms with E-state index in [0.29, 0.717) is 0 Å². The highest BCUT2D eigenvalue weighted by atomic mass is 32.3. The molecule has 0 aliphatic heterocycles. The van der Waals surface area contributed by atoms with Gasteiger partial charge in [-0.05, 0) is 18.2 Å². The monoisotopic (exact) mass is 306 g/mol. The maximum atomic E-state index is 12.8. The highest BCUT2D eigenvalue weighted by Gasteiger charge is 2.22. The molecule has 6 nitrogen and oxygen atoms in total. The molecule has 0 aliphatic rings. The fourth-order valence-corrected chi connectivity index (χ4v) is 3.10. The lowest BCUT2D eigenvalue weighted by Gasteiger charge is -2.15. The van der Waals surface area contributed by atoms with Crippen molar-refractivity contribution < 1.29 is 20.7 Å². The van der Waals surface area contributed by atoms with Gasteiger partial charge in [0.1, 0.15) is 0 Å². The number of rotatable bonds is 5. The van der Waals surface area contributed by atoms with Crippen LogP contribution < -0.4 is 0 Å². The summed E-state index contributed by atoms with van der Waals surface area (Å²) in [6.07, 6.45) is -0.00314. The number of hydrogen-bond acceptors (Lipinski definition) is 5. The minimum absolute atomic E-state index is 0.00314. The van der Waals surface area contributed by atoms with Crippen molar-refractivity contribution in [3.63, 3.8) is 0 Å². The molecule has 0 atom stereocenters. The van der Waals surface area contributed by atoms with Crippen LogP contribution in [0.2, 0.25) is 0 Å². The van der Waals surface area contributed by atoms with E-state index in [0.717, 1.165) is 28.6 Å². The summed E-state index contributed by atoms with van der Waals surface area (Å²) >= 11 is 0. The van der Waals surface area contributed by atoms with E-state index >= 15 is 0 Å². The van der Waals surface area contributed by atoms with Gasteiger partial charge in [-0.2, -0.15) is 18.0 Å². The van der Waals surface area contributed by atoms with Crippen LogP contribution in [0.25, 0.3) is 0 Å². The average Bonchev–Trinajstić information content (AvgIpc) is 2.35. The van der Waals surface area contributed by atoms with Gasteiger partial charge in [-0.15, -0.1) is 3.89 Å². The molecule has 0 spiro atoms. The Morgan fingerprint density at radius 3 is 2.37 bits per heavy atom. The molecule has 1 rings (SSSR count). The third-order valence-electron chi connectivity index (χ3n) is 2.33. The first-order valence-electron chi connectivity index (χ1n) is 5.07. The second-order valence-electron chi connectivity index (χ2n) is 3.65. The van der Waals surface area contributed by atoms with Crippen molar-refractivity contribution in [2.45, 2.75) is 16.2 Å². The van der Waals surface area contributed by atoms with Crippen molar-refractivity contribution in [2.24, 2.45) is 0 Å². The second kappa shape index (κ2) is 5.64. The zero-order valence-corrected chi connectivity index (χ0v) is 11.6.